The number of rotatable bonds is 6. The molecule has 2 aliphatic carbocycles. The van der Waals surface area contributed by atoms with Gasteiger partial charge in [-0.3, -0.25) is 4.79 Å². The maximum Gasteiger partial charge on any atom is 0.240 e. The van der Waals surface area contributed by atoms with E-state index in [1.807, 2.05) is 0 Å². The lowest BCUT2D eigenvalue weighted by Crippen LogP contribution is -2.44. The van der Waals surface area contributed by atoms with E-state index in [1.54, 1.807) is 24.3 Å². The first kappa shape index (κ1) is 17.9. The van der Waals surface area contributed by atoms with Crippen LogP contribution in [0.4, 0.5) is 5.69 Å². The highest BCUT2D eigenvalue weighted by Crippen LogP contribution is 2.44. The number of amides is 1. The molecule has 1 aromatic carbocycles. The van der Waals surface area contributed by atoms with Crippen LogP contribution in [0.5, 0.6) is 0 Å². The third-order valence-electron chi connectivity index (χ3n) is 6.17. The monoisotopic (exact) mass is 377 g/mol. The van der Waals surface area contributed by atoms with Crippen LogP contribution >= 0.6 is 0 Å². The van der Waals surface area contributed by atoms with Gasteiger partial charge in [-0.2, -0.15) is 0 Å². The van der Waals surface area contributed by atoms with Crippen LogP contribution in [-0.2, 0) is 14.8 Å². The van der Waals surface area contributed by atoms with Crippen LogP contribution in [0.3, 0.4) is 0 Å². The van der Waals surface area contributed by atoms with Crippen molar-refractivity contribution in [3.8, 4) is 0 Å². The van der Waals surface area contributed by atoms with Gasteiger partial charge in [0.05, 0.1) is 10.3 Å². The van der Waals surface area contributed by atoms with Gasteiger partial charge in [0.25, 0.3) is 0 Å². The normalized spacial score (nSPS) is 28.5. The number of hydrogen-bond donors (Lipinski definition) is 3. The number of fused-ring (bicyclic) bond motifs is 1. The van der Waals surface area contributed by atoms with E-state index in [0.29, 0.717) is 24.1 Å². The molecule has 6 nitrogen and oxygen atoms in total. The predicted molar refractivity (Wildman–Crippen MR) is 100 cm³/mol. The Morgan fingerprint density at radius 1 is 1.15 bits per heavy atom. The molecule has 1 saturated heterocycles. The van der Waals surface area contributed by atoms with Crippen molar-refractivity contribution in [3.05, 3.63) is 24.3 Å². The van der Waals surface area contributed by atoms with Crippen LogP contribution < -0.4 is 15.4 Å². The zero-order chi connectivity index (χ0) is 18.2. The van der Waals surface area contributed by atoms with Crippen LogP contribution in [0.15, 0.2) is 29.2 Å². The van der Waals surface area contributed by atoms with Crippen molar-refractivity contribution >= 4 is 21.6 Å². The van der Waals surface area contributed by atoms with Gasteiger partial charge in [0.15, 0.2) is 0 Å². The van der Waals surface area contributed by atoms with Gasteiger partial charge in [-0.1, -0.05) is 12.8 Å². The third kappa shape index (κ3) is 3.52. The average Bonchev–Trinajstić information content (AvgIpc) is 3.37. The van der Waals surface area contributed by atoms with E-state index in [-0.39, 0.29) is 16.2 Å². The zero-order valence-corrected chi connectivity index (χ0v) is 15.8. The number of anilines is 1. The third-order valence-corrected chi connectivity index (χ3v) is 7.61. The Balaban J connectivity index is 1.43. The van der Waals surface area contributed by atoms with Crippen molar-refractivity contribution in [1.29, 1.82) is 0 Å². The van der Waals surface area contributed by atoms with Gasteiger partial charge in [0.1, 0.15) is 0 Å². The molecule has 1 aliphatic heterocycles. The molecule has 1 amide bonds. The fraction of sp³-hybridized carbons (Fsp3) is 0.632. The first-order valence-corrected chi connectivity index (χ1v) is 11.1. The molecule has 2 saturated carbocycles. The number of hydrogen-bond acceptors (Lipinski definition) is 4. The molecular weight excluding hydrogens is 350 g/mol. The minimum atomic E-state index is -3.47. The maximum atomic E-state index is 13.0. The summed E-state index contributed by atoms with van der Waals surface area (Å²) in [6, 6.07) is 6.49. The minimum absolute atomic E-state index is 0.0645. The number of carbonyl (C=O) groups is 1. The summed E-state index contributed by atoms with van der Waals surface area (Å²) in [5.74, 6) is 0.961. The Kier molecular flexibility index (Phi) is 4.79. The van der Waals surface area contributed by atoms with Gasteiger partial charge in [-0.15, -0.1) is 0 Å². The van der Waals surface area contributed by atoms with Gasteiger partial charge in [-0.05, 0) is 68.3 Å². The largest absolute Gasteiger partial charge is 0.326 e. The van der Waals surface area contributed by atoms with E-state index in [4.69, 9.17) is 0 Å². The first-order valence-electron chi connectivity index (χ1n) is 9.61. The summed E-state index contributed by atoms with van der Waals surface area (Å²) in [5, 5.41) is 6.40. The molecule has 2 atom stereocenters. The summed E-state index contributed by atoms with van der Waals surface area (Å²) < 4.78 is 27.2. The highest BCUT2D eigenvalue weighted by molar-refractivity contribution is 7.89. The number of carbonyl (C=O) groups excluding carboxylic acids is 1. The van der Waals surface area contributed by atoms with E-state index in [1.165, 1.54) is 6.42 Å². The van der Waals surface area contributed by atoms with Crippen LogP contribution in [0.25, 0.3) is 0 Å². The van der Waals surface area contributed by atoms with Crippen molar-refractivity contribution in [3.63, 3.8) is 0 Å². The number of nitrogens with one attached hydrogen (secondary N) is 3. The predicted octanol–water partition coefficient (Wildman–Crippen LogP) is 2.09. The Hall–Kier alpha value is -1.44. The van der Waals surface area contributed by atoms with E-state index in [2.05, 4.69) is 15.4 Å². The molecule has 0 unspecified atom stereocenters. The lowest BCUT2D eigenvalue weighted by Gasteiger charge is -2.37. The fourth-order valence-electron chi connectivity index (χ4n) is 4.30. The number of benzene rings is 1. The fourth-order valence-corrected chi connectivity index (χ4v) is 5.41. The summed E-state index contributed by atoms with van der Waals surface area (Å²) in [6.07, 6.45) is 6.52. The molecular formula is C19H27N3O3S. The summed E-state index contributed by atoms with van der Waals surface area (Å²) in [5.41, 5.74) is 0.344. The average molecular weight is 378 g/mol. The topological polar surface area (TPSA) is 87.3 Å². The minimum Gasteiger partial charge on any atom is -0.326 e. The van der Waals surface area contributed by atoms with Crippen LogP contribution in [0.2, 0.25) is 0 Å². The molecule has 1 aromatic rings. The standard InChI is InChI=1S/C19H27N3O3S/c23-18(19-10-2-1-3-15(19)12-20-13-19)22-16-6-8-17(9-7-16)26(24,25)21-11-14-4-5-14/h6-9,14-15,20-21H,1-5,10-13H2,(H,22,23)/t15-,19+/m0/s1. The number of sulfonamides is 1. The van der Waals surface area contributed by atoms with E-state index >= 15 is 0 Å². The molecule has 142 valence electrons. The lowest BCUT2D eigenvalue weighted by atomic mass is 9.67. The van der Waals surface area contributed by atoms with Gasteiger partial charge < -0.3 is 10.6 Å². The lowest BCUT2D eigenvalue weighted by molar-refractivity contribution is -0.128. The second-order valence-corrected chi connectivity index (χ2v) is 9.77. The summed E-state index contributed by atoms with van der Waals surface area (Å²) >= 11 is 0. The quantitative estimate of drug-likeness (QED) is 0.708. The molecule has 7 heteroatoms. The van der Waals surface area contributed by atoms with Crippen LogP contribution in [-0.4, -0.2) is 34.0 Å². The van der Waals surface area contributed by atoms with Crippen molar-refractivity contribution in [2.24, 2.45) is 17.3 Å². The molecule has 0 bridgehead atoms. The van der Waals surface area contributed by atoms with Gasteiger partial charge in [-0.25, -0.2) is 13.1 Å². The Labute approximate surface area is 155 Å². The van der Waals surface area contributed by atoms with Gasteiger partial charge >= 0.3 is 0 Å². The Bertz CT molecular complexity index is 774. The molecule has 3 fully saturated rings. The smallest absolute Gasteiger partial charge is 0.240 e. The summed E-state index contributed by atoms with van der Waals surface area (Å²) in [4.78, 5) is 13.2. The summed E-state index contributed by atoms with van der Waals surface area (Å²) in [7, 11) is -3.47. The molecule has 0 spiro atoms. The van der Waals surface area contributed by atoms with E-state index < -0.39 is 10.0 Å². The second-order valence-electron chi connectivity index (χ2n) is 8.00. The molecule has 3 aliphatic rings. The van der Waals surface area contributed by atoms with E-state index in [0.717, 1.165) is 45.2 Å². The van der Waals surface area contributed by atoms with Crippen LogP contribution in [0, 0.1) is 17.3 Å². The molecule has 26 heavy (non-hydrogen) atoms. The second kappa shape index (κ2) is 6.94. The Morgan fingerprint density at radius 2 is 1.92 bits per heavy atom. The SMILES string of the molecule is O=C(Nc1ccc(S(=O)(=O)NCC2CC2)cc1)[C@@]12CCCC[C@H]1CNC2. The van der Waals surface area contributed by atoms with Gasteiger partial charge in [0, 0.05) is 18.8 Å². The molecule has 4 rings (SSSR count). The van der Waals surface area contributed by atoms with Crippen molar-refractivity contribution < 1.29 is 13.2 Å². The zero-order valence-electron chi connectivity index (χ0n) is 15.0. The summed E-state index contributed by atoms with van der Waals surface area (Å²) in [6.45, 7) is 2.16. The molecule has 0 radical (unpaired) electrons. The van der Waals surface area contributed by atoms with Crippen molar-refractivity contribution in [2.75, 3.05) is 25.0 Å². The molecule has 3 N–H and O–H groups in total. The van der Waals surface area contributed by atoms with Crippen LogP contribution in [0.1, 0.15) is 38.5 Å². The van der Waals surface area contributed by atoms with E-state index in [9.17, 15) is 13.2 Å². The molecule has 1 heterocycles. The van der Waals surface area contributed by atoms with Crippen molar-refractivity contribution in [2.45, 2.75) is 43.4 Å². The molecule has 0 aromatic heterocycles. The highest BCUT2D eigenvalue weighted by Gasteiger charge is 2.49. The van der Waals surface area contributed by atoms with Gasteiger partial charge in [0.2, 0.25) is 15.9 Å². The Morgan fingerprint density at radius 3 is 2.65 bits per heavy atom. The first-order chi connectivity index (χ1) is 12.5. The highest BCUT2D eigenvalue weighted by atomic mass is 32.2. The van der Waals surface area contributed by atoms with Crippen molar-refractivity contribution in [1.82, 2.24) is 10.0 Å². The maximum absolute atomic E-state index is 13.0.